The molecule has 0 amide bonds. The fraction of sp³-hybridized carbons (Fsp3) is 1.00. The molecule has 0 radical (unpaired) electrons. The number of rotatable bonds is 4. The van der Waals surface area contributed by atoms with E-state index in [2.05, 4.69) is 0 Å². The summed E-state index contributed by atoms with van der Waals surface area (Å²) in [5, 5.41) is 0. The molecule has 1 saturated heterocycles. The maximum absolute atomic E-state index is 6.22. The van der Waals surface area contributed by atoms with E-state index < -0.39 is 0 Å². The second kappa shape index (κ2) is 5.86. The van der Waals surface area contributed by atoms with Gasteiger partial charge >= 0.3 is 0 Å². The highest BCUT2D eigenvalue weighted by Gasteiger charge is 2.23. The summed E-state index contributed by atoms with van der Waals surface area (Å²) in [5.41, 5.74) is 6.22. The minimum atomic E-state index is 0.398. The van der Waals surface area contributed by atoms with E-state index >= 15 is 0 Å². The van der Waals surface area contributed by atoms with E-state index in [4.69, 9.17) is 10.5 Å². The molecule has 2 N–H and O–H groups in total. The molecular formula is C13H25NO. The van der Waals surface area contributed by atoms with Crippen molar-refractivity contribution in [2.45, 2.75) is 57.4 Å². The highest BCUT2D eigenvalue weighted by molar-refractivity contribution is 4.78. The number of hydrogen-bond acceptors (Lipinski definition) is 2. The van der Waals surface area contributed by atoms with Crippen LogP contribution < -0.4 is 5.73 Å². The standard InChI is InChI=1S/C13H25NO/c14-13(12-8-9-15-10-12)7-6-11-4-2-1-3-5-11/h11-13H,1-10,14H2. The van der Waals surface area contributed by atoms with Gasteiger partial charge in [0, 0.05) is 12.6 Å². The highest BCUT2D eigenvalue weighted by atomic mass is 16.5. The van der Waals surface area contributed by atoms with Crippen molar-refractivity contribution in [3.8, 4) is 0 Å². The van der Waals surface area contributed by atoms with Gasteiger partial charge < -0.3 is 10.5 Å². The topological polar surface area (TPSA) is 35.2 Å². The van der Waals surface area contributed by atoms with E-state index in [1.807, 2.05) is 0 Å². The average Bonchev–Trinajstić information content (AvgIpc) is 2.81. The fourth-order valence-electron chi connectivity index (χ4n) is 3.03. The molecule has 1 heterocycles. The maximum Gasteiger partial charge on any atom is 0.0509 e. The van der Waals surface area contributed by atoms with Crippen molar-refractivity contribution in [2.75, 3.05) is 13.2 Å². The Morgan fingerprint density at radius 3 is 2.60 bits per heavy atom. The molecule has 2 aliphatic rings. The zero-order chi connectivity index (χ0) is 10.5. The Hall–Kier alpha value is -0.0800. The van der Waals surface area contributed by atoms with Gasteiger partial charge in [0.25, 0.3) is 0 Å². The smallest absolute Gasteiger partial charge is 0.0509 e. The van der Waals surface area contributed by atoms with E-state index in [0.717, 1.165) is 19.1 Å². The maximum atomic E-state index is 6.22. The first kappa shape index (κ1) is 11.4. The Balaban J connectivity index is 1.63. The molecule has 2 unspecified atom stereocenters. The van der Waals surface area contributed by atoms with Crippen LogP contribution in [0.3, 0.4) is 0 Å². The van der Waals surface area contributed by atoms with Crippen LogP contribution in [0.5, 0.6) is 0 Å². The molecule has 1 aliphatic heterocycles. The van der Waals surface area contributed by atoms with Gasteiger partial charge in [-0.2, -0.15) is 0 Å². The summed E-state index contributed by atoms with van der Waals surface area (Å²) in [6.07, 6.45) is 11.0. The molecule has 1 saturated carbocycles. The summed E-state index contributed by atoms with van der Waals surface area (Å²) in [4.78, 5) is 0. The van der Waals surface area contributed by atoms with Crippen molar-refractivity contribution in [2.24, 2.45) is 17.6 Å². The molecule has 0 aromatic rings. The van der Waals surface area contributed by atoms with Gasteiger partial charge in [-0.25, -0.2) is 0 Å². The van der Waals surface area contributed by atoms with Gasteiger partial charge in [-0.1, -0.05) is 32.1 Å². The van der Waals surface area contributed by atoms with Crippen LogP contribution in [-0.2, 0) is 4.74 Å². The van der Waals surface area contributed by atoms with Crippen molar-refractivity contribution in [1.82, 2.24) is 0 Å². The van der Waals surface area contributed by atoms with Gasteiger partial charge in [0.1, 0.15) is 0 Å². The van der Waals surface area contributed by atoms with E-state index in [-0.39, 0.29) is 0 Å². The summed E-state index contributed by atoms with van der Waals surface area (Å²) in [7, 11) is 0. The zero-order valence-electron chi connectivity index (χ0n) is 9.79. The number of hydrogen-bond donors (Lipinski definition) is 1. The highest BCUT2D eigenvalue weighted by Crippen LogP contribution is 2.29. The second-order valence-electron chi connectivity index (χ2n) is 5.37. The van der Waals surface area contributed by atoms with Gasteiger partial charge in [-0.3, -0.25) is 0 Å². The molecule has 0 bridgehead atoms. The van der Waals surface area contributed by atoms with Crippen molar-refractivity contribution in [3.05, 3.63) is 0 Å². The first-order chi connectivity index (χ1) is 7.36. The first-order valence-electron chi connectivity index (χ1n) is 6.69. The van der Waals surface area contributed by atoms with E-state index in [0.29, 0.717) is 12.0 Å². The van der Waals surface area contributed by atoms with E-state index in [1.54, 1.807) is 0 Å². The molecular weight excluding hydrogens is 186 g/mol. The van der Waals surface area contributed by atoms with Crippen molar-refractivity contribution in [3.63, 3.8) is 0 Å². The number of nitrogens with two attached hydrogens (primary N) is 1. The van der Waals surface area contributed by atoms with E-state index in [1.165, 1.54) is 51.4 Å². The summed E-state index contributed by atoms with van der Waals surface area (Å²) in [6.45, 7) is 1.84. The van der Waals surface area contributed by atoms with Crippen LogP contribution in [0.25, 0.3) is 0 Å². The van der Waals surface area contributed by atoms with Crippen LogP contribution in [-0.4, -0.2) is 19.3 Å². The Bertz CT molecular complexity index is 171. The lowest BCUT2D eigenvalue weighted by Gasteiger charge is -2.24. The molecule has 0 aromatic carbocycles. The monoisotopic (exact) mass is 211 g/mol. The molecule has 88 valence electrons. The minimum absolute atomic E-state index is 0.398. The Morgan fingerprint density at radius 1 is 1.13 bits per heavy atom. The Labute approximate surface area is 93.6 Å². The largest absolute Gasteiger partial charge is 0.381 e. The third kappa shape index (κ3) is 3.46. The Kier molecular flexibility index (Phi) is 4.45. The molecule has 2 heteroatoms. The number of ether oxygens (including phenoxy) is 1. The lowest BCUT2D eigenvalue weighted by molar-refractivity contribution is 0.178. The van der Waals surface area contributed by atoms with Crippen LogP contribution in [0.15, 0.2) is 0 Å². The van der Waals surface area contributed by atoms with Crippen molar-refractivity contribution >= 4 is 0 Å². The first-order valence-corrected chi connectivity index (χ1v) is 6.69. The van der Waals surface area contributed by atoms with Crippen LogP contribution in [0.4, 0.5) is 0 Å². The predicted molar refractivity (Wildman–Crippen MR) is 62.7 cm³/mol. The molecule has 15 heavy (non-hydrogen) atoms. The van der Waals surface area contributed by atoms with Gasteiger partial charge in [-0.15, -0.1) is 0 Å². The fourth-order valence-corrected chi connectivity index (χ4v) is 3.03. The Morgan fingerprint density at radius 2 is 1.93 bits per heavy atom. The van der Waals surface area contributed by atoms with Gasteiger partial charge in [-0.05, 0) is 31.1 Å². The van der Waals surface area contributed by atoms with Crippen LogP contribution in [0, 0.1) is 11.8 Å². The summed E-state index contributed by atoms with van der Waals surface area (Å²) >= 11 is 0. The lowest BCUT2D eigenvalue weighted by atomic mass is 9.83. The zero-order valence-corrected chi connectivity index (χ0v) is 9.79. The van der Waals surface area contributed by atoms with Crippen LogP contribution in [0.1, 0.15) is 51.4 Å². The molecule has 2 fully saturated rings. The third-order valence-corrected chi connectivity index (χ3v) is 4.20. The quantitative estimate of drug-likeness (QED) is 0.776. The summed E-state index contributed by atoms with van der Waals surface area (Å²) in [5.74, 6) is 1.63. The van der Waals surface area contributed by atoms with Crippen molar-refractivity contribution in [1.29, 1.82) is 0 Å². The lowest BCUT2D eigenvalue weighted by Crippen LogP contribution is -2.31. The van der Waals surface area contributed by atoms with Crippen LogP contribution >= 0.6 is 0 Å². The average molecular weight is 211 g/mol. The molecule has 0 aromatic heterocycles. The molecule has 2 nitrogen and oxygen atoms in total. The molecule has 1 aliphatic carbocycles. The van der Waals surface area contributed by atoms with E-state index in [9.17, 15) is 0 Å². The minimum Gasteiger partial charge on any atom is -0.381 e. The normalized spacial score (nSPS) is 30.6. The SMILES string of the molecule is NC(CCC1CCCCC1)C1CCOC1. The van der Waals surface area contributed by atoms with Crippen LogP contribution in [0.2, 0.25) is 0 Å². The third-order valence-electron chi connectivity index (χ3n) is 4.20. The molecule has 2 rings (SSSR count). The van der Waals surface area contributed by atoms with Gasteiger partial charge in [0.2, 0.25) is 0 Å². The molecule has 0 spiro atoms. The summed E-state index contributed by atoms with van der Waals surface area (Å²) < 4.78 is 5.39. The van der Waals surface area contributed by atoms with Gasteiger partial charge in [0.15, 0.2) is 0 Å². The molecule has 2 atom stereocenters. The van der Waals surface area contributed by atoms with Crippen molar-refractivity contribution < 1.29 is 4.74 Å². The summed E-state index contributed by atoms with van der Waals surface area (Å²) in [6, 6.07) is 0.398. The second-order valence-corrected chi connectivity index (χ2v) is 5.37. The van der Waals surface area contributed by atoms with Gasteiger partial charge in [0.05, 0.1) is 6.61 Å². The predicted octanol–water partition coefficient (Wildman–Crippen LogP) is 2.71.